The smallest absolute Gasteiger partial charge is 0.269 e. The first kappa shape index (κ1) is 18.7. The van der Waals surface area contributed by atoms with Gasteiger partial charge in [-0.2, -0.15) is 5.26 Å². The molecule has 2 rings (SSSR count). The van der Waals surface area contributed by atoms with Gasteiger partial charge in [-0.1, -0.05) is 36.4 Å². The fourth-order valence-corrected chi connectivity index (χ4v) is 3.15. The molecule has 1 atom stereocenters. The number of benzene rings is 1. The fourth-order valence-electron chi connectivity index (χ4n) is 2.33. The van der Waals surface area contributed by atoms with E-state index < -0.39 is 10.8 Å². The summed E-state index contributed by atoms with van der Waals surface area (Å²) in [5, 5.41) is 11.8. The molecule has 130 valence electrons. The Hall–Kier alpha value is -2.59. The SMILES string of the molecule is CCc1nc(S[C@H](C)C(=O)Nc2ccc(C)cc2C)[nH]c(=O)c1C#N. The summed E-state index contributed by atoms with van der Waals surface area (Å²) in [6.07, 6.45) is 0.476. The number of nitriles is 1. The number of thioether (sulfide) groups is 1. The lowest BCUT2D eigenvalue weighted by Crippen LogP contribution is -2.24. The molecule has 0 radical (unpaired) electrons. The van der Waals surface area contributed by atoms with Gasteiger partial charge in [0.25, 0.3) is 5.56 Å². The Bertz CT molecular complexity index is 899. The highest BCUT2D eigenvalue weighted by atomic mass is 32.2. The Morgan fingerprint density at radius 2 is 2.16 bits per heavy atom. The third kappa shape index (κ3) is 4.48. The number of anilines is 1. The van der Waals surface area contributed by atoms with E-state index in [9.17, 15) is 9.59 Å². The second-order valence-corrected chi connectivity index (χ2v) is 7.06. The molecule has 7 heteroatoms. The summed E-state index contributed by atoms with van der Waals surface area (Å²) in [5.74, 6) is -0.179. The zero-order chi connectivity index (χ0) is 18.6. The molecule has 1 aromatic carbocycles. The molecule has 25 heavy (non-hydrogen) atoms. The molecule has 0 aliphatic carbocycles. The minimum atomic E-state index is -0.473. The Morgan fingerprint density at radius 1 is 1.44 bits per heavy atom. The molecule has 0 spiro atoms. The highest BCUT2D eigenvalue weighted by Crippen LogP contribution is 2.22. The zero-order valence-electron chi connectivity index (χ0n) is 14.6. The highest BCUT2D eigenvalue weighted by Gasteiger charge is 2.18. The van der Waals surface area contributed by atoms with Gasteiger partial charge in [0.15, 0.2) is 5.16 Å². The van der Waals surface area contributed by atoms with Crippen LogP contribution in [0.5, 0.6) is 0 Å². The molecule has 6 nitrogen and oxygen atoms in total. The lowest BCUT2D eigenvalue weighted by molar-refractivity contribution is -0.115. The van der Waals surface area contributed by atoms with Gasteiger partial charge in [-0.25, -0.2) is 4.98 Å². The number of aryl methyl sites for hydroxylation is 3. The third-order valence-electron chi connectivity index (χ3n) is 3.72. The van der Waals surface area contributed by atoms with Gasteiger partial charge in [0.05, 0.1) is 10.9 Å². The number of hydrogen-bond acceptors (Lipinski definition) is 5. The van der Waals surface area contributed by atoms with Crippen LogP contribution in [0.25, 0.3) is 0 Å². The van der Waals surface area contributed by atoms with Gasteiger partial charge in [0.1, 0.15) is 11.6 Å². The summed E-state index contributed by atoms with van der Waals surface area (Å²) >= 11 is 1.15. The predicted octanol–water partition coefficient (Wildman–Crippen LogP) is 2.94. The summed E-state index contributed by atoms with van der Waals surface area (Å²) in [6.45, 7) is 7.50. The van der Waals surface area contributed by atoms with Crippen LogP contribution in [0.1, 0.15) is 36.2 Å². The van der Waals surface area contributed by atoms with Crippen LogP contribution in [0.2, 0.25) is 0 Å². The van der Waals surface area contributed by atoms with Crippen molar-refractivity contribution in [2.75, 3.05) is 5.32 Å². The van der Waals surface area contributed by atoms with Gasteiger partial charge in [-0.3, -0.25) is 9.59 Å². The van der Waals surface area contributed by atoms with E-state index in [4.69, 9.17) is 5.26 Å². The van der Waals surface area contributed by atoms with E-state index in [-0.39, 0.29) is 11.5 Å². The average molecular weight is 356 g/mol. The Balaban J connectivity index is 2.15. The van der Waals surface area contributed by atoms with Crippen molar-refractivity contribution in [3.8, 4) is 6.07 Å². The molecule has 0 saturated heterocycles. The van der Waals surface area contributed by atoms with E-state index >= 15 is 0 Å². The number of rotatable bonds is 5. The van der Waals surface area contributed by atoms with Crippen molar-refractivity contribution in [1.82, 2.24) is 9.97 Å². The third-order valence-corrected chi connectivity index (χ3v) is 4.70. The molecule has 0 saturated carbocycles. The molecule has 0 aliphatic rings. The Labute approximate surface area is 150 Å². The molecule has 0 fully saturated rings. The number of carbonyl (C=O) groups excluding carboxylic acids is 1. The first-order valence-corrected chi connectivity index (χ1v) is 8.81. The Morgan fingerprint density at radius 3 is 2.76 bits per heavy atom. The second-order valence-electron chi connectivity index (χ2n) is 5.73. The number of H-pyrrole nitrogens is 1. The number of aromatic nitrogens is 2. The number of aromatic amines is 1. The fraction of sp³-hybridized carbons (Fsp3) is 0.333. The summed E-state index contributed by atoms with van der Waals surface area (Å²) in [7, 11) is 0. The maximum atomic E-state index is 12.4. The van der Waals surface area contributed by atoms with Gasteiger partial charge < -0.3 is 10.3 Å². The van der Waals surface area contributed by atoms with Gasteiger partial charge in [0.2, 0.25) is 5.91 Å². The lowest BCUT2D eigenvalue weighted by atomic mass is 10.1. The van der Waals surface area contributed by atoms with Crippen LogP contribution in [-0.4, -0.2) is 21.1 Å². The number of carbonyl (C=O) groups is 1. The van der Waals surface area contributed by atoms with Gasteiger partial charge in [0, 0.05) is 5.69 Å². The molecule has 0 aliphatic heterocycles. The standard InChI is InChI=1S/C18H20N4O2S/c1-5-14-13(9-19)17(24)22-18(21-14)25-12(4)16(23)20-15-7-6-10(2)8-11(15)3/h6-8,12H,5H2,1-4H3,(H,20,23)(H,21,22,24)/t12-/m1/s1. The van der Waals surface area contributed by atoms with Crippen molar-refractivity contribution in [2.45, 2.75) is 44.5 Å². The highest BCUT2D eigenvalue weighted by molar-refractivity contribution is 8.00. The lowest BCUT2D eigenvalue weighted by Gasteiger charge is -2.14. The molecular weight excluding hydrogens is 336 g/mol. The Kier molecular flexibility index (Phi) is 5.99. The molecule has 1 heterocycles. The van der Waals surface area contributed by atoms with E-state index in [1.807, 2.05) is 45.0 Å². The van der Waals surface area contributed by atoms with E-state index in [0.717, 1.165) is 28.6 Å². The normalized spacial score (nSPS) is 11.6. The molecule has 0 bridgehead atoms. The summed E-state index contributed by atoms with van der Waals surface area (Å²) in [5.41, 5.74) is 2.88. The molecule has 2 N–H and O–H groups in total. The molecule has 1 amide bonds. The van der Waals surface area contributed by atoms with Crippen LogP contribution in [-0.2, 0) is 11.2 Å². The second kappa shape index (κ2) is 7.99. The molecule has 0 unspecified atom stereocenters. The molecule has 2 aromatic rings. The van der Waals surface area contributed by atoms with Crippen LogP contribution in [0.3, 0.4) is 0 Å². The largest absolute Gasteiger partial charge is 0.325 e. The van der Waals surface area contributed by atoms with Crippen LogP contribution < -0.4 is 10.9 Å². The minimum Gasteiger partial charge on any atom is -0.325 e. The maximum Gasteiger partial charge on any atom is 0.269 e. The summed E-state index contributed by atoms with van der Waals surface area (Å²) < 4.78 is 0. The van der Waals surface area contributed by atoms with E-state index in [1.54, 1.807) is 6.92 Å². The summed E-state index contributed by atoms with van der Waals surface area (Å²) in [6, 6.07) is 7.68. The first-order valence-electron chi connectivity index (χ1n) is 7.93. The van der Waals surface area contributed by atoms with Crippen molar-refractivity contribution < 1.29 is 4.79 Å². The number of amides is 1. The van der Waals surface area contributed by atoms with Gasteiger partial charge >= 0.3 is 0 Å². The monoisotopic (exact) mass is 356 g/mol. The van der Waals surface area contributed by atoms with Crippen molar-refractivity contribution in [1.29, 1.82) is 5.26 Å². The van der Waals surface area contributed by atoms with Crippen molar-refractivity contribution in [3.63, 3.8) is 0 Å². The maximum absolute atomic E-state index is 12.4. The summed E-state index contributed by atoms with van der Waals surface area (Å²) in [4.78, 5) is 31.2. The number of nitrogens with zero attached hydrogens (tertiary/aromatic N) is 2. The van der Waals surface area contributed by atoms with Gasteiger partial charge in [-0.15, -0.1) is 0 Å². The van der Waals surface area contributed by atoms with Crippen molar-refractivity contribution >= 4 is 23.4 Å². The van der Waals surface area contributed by atoms with Crippen molar-refractivity contribution in [2.24, 2.45) is 0 Å². The first-order chi connectivity index (χ1) is 11.8. The van der Waals surface area contributed by atoms with Crippen LogP contribution in [0.15, 0.2) is 28.2 Å². The van der Waals surface area contributed by atoms with E-state index in [0.29, 0.717) is 17.3 Å². The molecular formula is C18H20N4O2S. The predicted molar refractivity (Wildman–Crippen MR) is 98.8 cm³/mol. The number of nitrogens with one attached hydrogen (secondary N) is 2. The van der Waals surface area contributed by atoms with Crippen LogP contribution >= 0.6 is 11.8 Å². The van der Waals surface area contributed by atoms with Crippen LogP contribution in [0, 0.1) is 25.2 Å². The van der Waals surface area contributed by atoms with Crippen molar-refractivity contribution in [3.05, 3.63) is 50.9 Å². The molecule has 1 aromatic heterocycles. The average Bonchev–Trinajstić information content (AvgIpc) is 2.56. The minimum absolute atomic E-state index is 0.0271. The van der Waals surface area contributed by atoms with Gasteiger partial charge in [-0.05, 0) is 38.8 Å². The topological polar surface area (TPSA) is 98.6 Å². The van der Waals surface area contributed by atoms with Crippen LogP contribution in [0.4, 0.5) is 5.69 Å². The quantitative estimate of drug-likeness (QED) is 0.634. The van der Waals surface area contributed by atoms with E-state index in [1.165, 1.54) is 0 Å². The van der Waals surface area contributed by atoms with E-state index in [2.05, 4.69) is 15.3 Å². The number of hydrogen-bond donors (Lipinski definition) is 2. The zero-order valence-corrected chi connectivity index (χ0v) is 15.5.